The summed E-state index contributed by atoms with van der Waals surface area (Å²) in [4.78, 5) is 22.9. The molecule has 0 aliphatic carbocycles. The third kappa shape index (κ3) is 4.64. The molecule has 1 atom stereocenters. The number of hydrogen-bond donors (Lipinski definition) is 2. The second kappa shape index (κ2) is 10.1. The van der Waals surface area contributed by atoms with E-state index in [0.29, 0.717) is 17.1 Å². The molecule has 3 aliphatic heterocycles. The summed E-state index contributed by atoms with van der Waals surface area (Å²) >= 11 is 1.69. The smallest absolute Gasteiger partial charge is 0.259 e. The molecule has 1 fully saturated rings. The first-order valence-electron chi connectivity index (χ1n) is 11.4. The van der Waals surface area contributed by atoms with Gasteiger partial charge in [-0.3, -0.25) is 14.7 Å². The van der Waals surface area contributed by atoms with Crippen molar-refractivity contribution in [2.75, 3.05) is 58.8 Å². The number of para-hydroxylation sites is 1. The number of rotatable bonds is 7. The first-order valence-corrected chi connectivity index (χ1v) is 12.3. The Balaban J connectivity index is 1.31. The number of aliphatic imine (C=N–C) groups is 1. The number of carbonyl (C=O) groups excluding carboxylic acids is 1. The second-order valence-electron chi connectivity index (χ2n) is 8.40. The van der Waals surface area contributed by atoms with Crippen LogP contribution in [-0.2, 0) is 0 Å². The van der Waals surface area contributed by atoms with E-state index in [1.807, 2.05) is 24.3 Å². The molecule has 2 aromatic carbocycles. The molecule has 9 heteroatoms. The van der Waals surface area contributed by atoms with Crippen LogP contribution in [0.3, 0.4) is 0 Å². The zero-order valence-corrected chi connectivity index (χ0v) is 20.2. The first kappa shape index (κ1) is 22.8. The van der Waals surface area contributed by atoms with Gasteiger partial charge in [-0.05, 0) is 23.6 Å². The molecule has 0 bridgehead atoms. The third-order valence-electron chi connectivity index (χ3n) is 6.32. The Hall–Kier alpha value is -3.01. The topological polar surface area (TPSA) is 78.4 Å². The quantitative estimate of drug-likeness (QED) is 0.632. The molecule has 0 spiro atoms. The van der Waals surface area contributed by atoms with Crippen LogP contribution in [0, 0.1) is 0 Å². The van der Waals surface area contributed by atoms with Crippen LogP contribution in [0.4, 0.5) is 5.69 Å². The van der Waals surface area contributed by atoms with Crippen LogP contribution >= 0.6 is 11.8 Å². The molecule has 1 saturated heterocycles. The molecule has 34 heavy (non-hydrogen) atoms. The lowest BCUT2D eigenvalue weighted by atomic mass is 10.0. The van der Waals surface area contributed by atoms with E-state index in [9.17, 15) is 4.79 Å². The summed E-state index contributed by atoms with van der Waals surface area (Å²) in [6.45, 7) is 5.92. The Kier molecular flexibility index (Phi) is 6.75. The molecule has 178 valence electrons. The van der Waals surface area contributed by atoms with Crippen molar-refractivity contribution < 1.29 is 14.3 Å². The van der Waals surface area contributed by atoms with Crippen molar-refractivity contribution in [1.82, 2.24) is 15.1 Å². The van der Waals surface area contributed by atoms with E-state index in [4.69, 9.17) is 14.5 Å². The highest BCUT2D eigenvalue weighted by Gasteiger charge is 2.34. The fourth-order valence-electron chi connectivity index (χ4n) is 4.48. The van der Waals surface area contributed by atoms with Gasteiger partial charge < -0.3 is 25.0 Å². The normalized spacial score (nSPS) is 19.9. The minimum Gasteiger partial charge on any atom is -0.497 e. The van der Waals surface area contributed by atoms with E-state index in [1.54, 1.807) is 44.2 Å². The van der Waals surface area contributed by atoms with Gasteiger partial charge in [0, 0.05) is 55.7 Å². The number of amidine groups is 1. The molecule has 2 aromatic rings. The van der Waals surface area contributed by atoms with Crippen LogP contribution in [0.5, 0.6) is 11.5 Å². The maximum absolute atomic E-state index is 13.1. The van der Waals surface area contributed by atoms with Gasteiger partial charge in [0.05, 0.1) is 32.4 Å². The number of benzene rings is 2. The Labute approximate surface area is 204 Å². The minimum absolute atomic E-state index is 0.0384. The van der Waals surface area contributed by atoms with E-state index < -0.39 is 0 Å². The van der Waals surface area contributed by atoms with Crippen molar-refractivity contribution in [2.45, 2.75) is 6.04 Å². The summed E-state index contributed by atoms with van der Waals surface area (Å²) in [7, 11) is 3.13. The molecule has 3 aliphatic rings. The van der Waals surface area contributed by atoms with Gasteiger partial charge >= 0.3 is 0 Å². The first-order chi connectivity index (χ1) is 16.7. The van der Waals surface area contributed by atoms with Crippen molar-refractivity contribution in [3.05, 3.63) is 64.7 Å². The van der Waals surface area contributed by atoms with E-state index in [0.717, 1.165) is 55.7 Å². The number of nitrogens with one attached hydrogen (secondary N) is 2. The Bertz CT molecular complexity index is 1130. The van der Waals surface area contributed by atoms with Gasteiger partial charge in [0.15, 0.2) is 5.17 Å². The molecule has 8 nitrogen and oxygen atoms in total. The summed E-state index contributed by atoms with van der Waals surface area (Å²) < 4.78 is 10.7. The minimum atomic E-state index is -0.230. The molecule has 0 aromatic heterocycles. The Morgan fingerprint density at radius 1 is 1.18 bits per heavy atom. The predicted molar refractivity (Wildman–Crippen MR) is 136 cm³/mol. The summed E-state index contributed by atoms with van der Waals surface area (Å²) in [5.74, 6) is 0.875. The summed E-state index contributed by atoms with van der Waals surface area (Å²) in [6, 6.07) is 13.0. The predicted octanol–water partition coefficient (Wildman–Crippen LogP) is 3.16. The molecule has 5 rings (SSSR count). The van der Waals surface area contributed by atoms with Gasteiger partial charge in [0.2, 0.25) is 0 Å². The number of ether oxygens (including phenoxy) is 2. The fraction of sp³-hybridized carbons (Fsp3) is 0.360. The number of nitrogens with zero attached hydrogens (tertiary/aromatic N) is 3. The van der Waals surface area contributed by atoms with Gasteiger partial charge in [0.1, 0.15) is 11.5 Å². The molecule has 1 unspecified atom stereocenters. The number of thioether (sulfide) groups is 1. The van der Waals surface area contributed by atoms with E-state index >= 15 is 0 Å². The van der Waals surface area contributed by atoms with Crippen molar-refractivity contribution in [3.63, 3.8) is 0 Å². The maximum Gasteiger partial charge on any atom is 0.259 e. The van der Waals surface area contributed by atoms with Crippen molar-refractivity contribution in [2.24, 2.45) is 4.99 Å². The van der Waals surface area contributed by atoms with Crippen LogP contribution < -0.4 is 20.1 Å². The summed E-state index contributed by atoms with van der Waals surface area (Å²) in [5, 5.41) is 9.74. The number of carbonyl (C=O) groups is 1. The SMILES string of the molecule is COc1ccc(C(=O)Nc2ccccc2C2CN3C(CN4CCNCC4)=CSC3=N2)c(OC)c1. The van der Waals surface area contributed by atoms with Gasteiger partial charge in [-0.1, -0.05) is 30.0 Å². The highest BCUT2D eigenvalue weighted by molar-refractivity contribution is 8.16. The molecule has 0 saturated carbocycles. The van der Waals surface area contributed by atoms with Gasteiger partial charge in [-0.25, -0.2) is 0 Å². The lowest BCUT2D eigenvalue weighted by molar-refractivity contribution is 0.102. The van der Waals surface area contributed by atoms with Crippen LogP contribution in [0.2, 0.25) is 0 Å². The van der Waals surface area contributed by atoms with E-state index in [2.05, 4.69) is 25.8 Å². The molecule has 2 N–H and O–H groups in total. The number of hydrogen-bond acceptors (Lipinski definition) is 8. The number of methoxy groups -OCH3 is 2. The van der Waals surface area contributed by atoms with Crippen molar-refractivity contribution in [3.8, 4) is 11.5 Å². The summed E-state index contributed by atoms with van der Waals surface area (Å²) in [5.41, 5.74) is 3.52. The molecular weight excluding hydrogens is 450 g/mol. The zero-order chi connectivity index (χ0) is 23.5. The molecule has 3 heterocycles. The maximum atomic E-state index is 13.1. The number of piperazine rings is 1. The standard InChI is InChI=1S/C25H29N5O3S/c1-32-18-7-8-20(23(13-18)33-2)24(31)27-21-6-4-3-5-19(21)22-15-30-17(16-34-25(30)28-22)14-29-11-9-26-10-12-29/h3-8,13,16,22,26H,9-12,14-15H2,1-2H3,(H,27,31). The average Bonchev–Trinajstić information content (AvgIpc) is 3.46. The van der Waals surface area contributed by atoms with Crippen LogP contribution in [-0.4, -0.2) is 74.4 Å². The van der Waals surface area contributed by atoms with Crippen LogP contribution in [0.25, 0.3) is 0 Å². The monoisotopic (exact) mass is 479 g/mol. The molecule has 1 amide bonds. The highest BCUT2D eigenvalue weighted by Crippen LogP contribution is 2.39. The van der Waals surface area contributed by atoms with Gasteiger partial charge in [-0.15, -0.1) is 0 Å². The Morgan fingerprint density at radius 2 is 2.00 bits per heavy atom. The Morgan fingerprint density at radius 3 is 2.79 bits per heavy atom. The lowest BCUT2D eigenvalue weighted by Gasteiger charge is -2.29. The van der Waals surface area contributed by atoms with E-state index in [-0.39, 0.29) is 11.9 Å². The van der Waals surface area contributed by atoms with Gasteiger partial charge in [-0.2, -0.15) is 0 Å². The van der Waals surface area contributed by atoms with Crippen molar-refractivity contribution in [1.29, 1.82) is 0 Å². The molecular formula is C25H29N5O3S. The number of amides is 1. The fourth-order valence-corrected chi connectivity index (χ4v) is 5.43. The zero-order valence-electron chi connectivity index (χ0n) is 19.4. The van der Waals surface area contributed by atoms with Crippen molar-refractivity contribution >= 4 is 28.5 Å². The van der Waals surface area contributed by atoms with Crippen LogP contribution in [0.15, 0.2) is 58.6 Å². The summed E-state index contributed by atoms with van der Waals surface area (Å²) in [6.07, 6.45) is 0. The number of fused-ring (bicyclic) bond motifs is 1. The lowest BCUT2D eigenvalue weighted by Crippen LogP contribution is -2.45. The number of anilines is 1. The second-order valence-corrected chi connectivity index (χ2v) is 9.24. The largest absolute Gasteiger partial charge is 0.497 e. The van der Waals surface area contributed by atoms with Gasteiger partial charge in [0.25, 0.3) is 5.91 Å². The molecule has 0 radical (unpaired) electrons. The third-order valence-corrected chi connectivity index (χ3v) is 7.24. The highest BCUT2D eigenvalue weighted by atomic mass is 32.2. The van der Waals surface area contributed by atoms with Crippen LogP contribution in [0.1, 0.15) is 22.0 Å². The van der Waals surface area contributed by atoms with E-state index in [1.165, 1.54) is 5.70 Å². The average molecular weight is 480 g/mol.